The summed E-state index contributed by atoms with van der Waals surface area (Å²) < 4.78 is 0. The van der Waals surface area contributed by atoms with Gasteiger partial charge < -0.3 is 20.0 Å². The summed E-state index contributed by atoms with van der Waals surface area (Å²) in [5.74, 6) is 1.16. The minimum absolute atomic E-state index is 0. The normalized spacial score (nSPS) is 20.4. The molecule has 0 aromatic rings. The van der Waals surface area contributed by atoms with Crippen LogP contribution in [0.2, 0.25) is 0 Å². The van der Waals surface area contributed by atoms with Gasteiger partial charge in [-0.25, -0.2) is 0 Å². The molecule has 2 aliphatic heterocycles. The molecule has 2 aliphatic rings. The van der Waals surface area contributed by atoms with Gasteiger partial charge in [-0.15, -0.1) is 24.0 Å². The highest BCUT2D eigenvalue weighted by Crippen LogP contribution is 2.04. The van der Waals surface area contributed by atoms with E-state index in [4.69, 9.17) is 4.99 Å². The van der Waals surface area contributed by atoms with E-state index in [-0.39, 0.29) is 29.9 Å². The summed E-state index contributed by atoms with van der Waals surface area (Å²) in [4.78, 5) is 25.4. The van der Waals surface area contributed by atoms with E-state index >= 15 is 0 Å². The van der Waals surface area contributed by atoms with Crippen molar-refractivity contribution < 1.29 is 4.79 Å². The Kier molecular flexibility index (Phi) is 10.7. The van der Waals surface area contributed by atoms with E-state index in [9.17, 15) is 4.79 Å². The van der Waals surface area contributed by atoms with Crippen molar-refractivity contribution in [2.45, 2.75) is 20.8 Å². The van der Waals surface area contributed by atoms with E-state index in [1.807, 2.05) is 4.90 Å². The molecule has 7 nitrogen and oxygen atoms in total. The third-order valence-corrected chi connectivity index (χ3v) is 4.95. The molecule has 2 heterocycles. The van der Waals surface area contributed by atoms with Crippen LogP contribution < -0.4 is 5.32 Å². The number of hydrogen-bond acceptors (Lipinski definition) is 4. The second-order valence-corrected chi connectivity index (χ2v) is 6.50. The monoisotopic (exact) mass is 466 g/mol. The molecule has 8 heteroatoms. The van der Waals surface area contributed by atoms with Gasteiger partial charge in [0.15, 0.2) is 5.96 Å². The Bertz CT molecular complexity index is 417. The van der Waals surface area contributed by atoms with Crippen LogP contribution in [0.5, 0.6) is 0 Å². The second kappa shape index (κ2) is 11.9. The lowest BCUT2D eigenvalue weighted by Gasteiger charge is -2.36. The van der Waals surface area contributed by atoms with Crippen LogP contribution in [0.15, 0.2) is 4.99 Å². The molecule has 0 atom stereocenters. The molecule has 0 saturated carbocycles. The number of likely N-dealkylation sites (N-methyl/N-ethyl adjacent to an activating group) is 1. The Hall–Kier alpha value is -0.610. The smallest absolute Gasteiger partial charge is 0.219 e. The Labute approximate surface area is 169 Å². The van der Waals surface area contributed by atoms with E-state index in [0.29, 0.717) is 0 Å². The maximum Gasteiger partial charge on any atom is 0.219 e. The van der Waals surface area contributed by atoms with Gasteiger partial charge >= 0.3 is 0 Å². The summed E-state index contributed by atoms with van der Waals surface area (Å²) in [5, 5.41) is 3.40. The summed E-state index contributed by atoms with van der Waals surface area (Å²) in [6.07, 6.45) is 0. The van der Waals surface area contributed by atoms with Crippen LogP contribution in [-0.4, -0.2) is 110 Å². The summed E-state index contributed by atoms with van der Waals surface area (Å²) in [5.41, 5.74) is 0. The molecule has 2 rings (SSSR count). The first-order chi connectivity index (χ1) is 11.6. The molecule has 1 amide bonds. The van der Waals surface area contributed by atoms with Crippen molar-refractivity contribution >= 4 is 35.8 Å². The van der Waals surface area contributed by atoms with Crippen LogP contribution in [0, 0.1) is 0 Å². The van der Waals surface area contributed by atoms with E-state index in [1.165, 1.54) is 13.1 Å². The van der Waals surface area contributed by atoms with Gasteiger partial charge in [-0.3, -0.25) is 14.7 Å². The lowest BCUT2D eigenvalue weighted by atomic mass is 10.3. The zero-order valence-electron chi connectivity index (χ0n) is 16.0. The molecule has 0 bridgehead atoms. The van der Waals surface area contributed by atoms with Crippen molar-refractivity contribution in [3.05, 3.63) is 0 Å². The van der Waals surface area contributed by atoms with Gasteiger partial charge in [0.25, 0.3) is 0 Å². The maximum absolute atomic E-state index is 11.4. The van der Waals surface area contributed by atoms with Crippen LogP contribution in [0.3, 0.4) is 0 Å². The van der Waals surface area contributed by atoms with Crippen molar-refractivity contribution in [2.24, 2.45) is 4.99 Å². The number of halogens is 1. The van der Waals surface area contributed by atoms with Crippen LogP contribution in [0.1, 0.15) is 20.8 Å². The van der Waals surface area contributed by atoms with Gasteiger partial charge in [-0.2, -0.15) is 0 Å². The van der Waals surface area contributed by atoms with Crippen molar-refractivity contribution in [1.82, 2.24) is 24.9 Å². The lowest BCUT2D eigenvalue weighted by Crippen LogP contribution is -2.53. The SMILES string of the molecule is CCNC(=NCCN1CCN(CC)CC1)N1CCN(C(C)=O)CC1.I. The van der Waals surface area contributed by atoms with Crippen LogP contribution in [-0.2, 0) is 4.79 Å². The highest BCUT2D eigenvalue weighted by molar-refractivity contribution is 14.0. The lowest BCUT2D eigenvalue weighted by molar-refractivity contribution is -0.130. The molecule has 2 fully saturated rings. The molecule has 2 saturated heterocycles. The zero-order chi connectivity index (χ0) is 17.4. The third-order valence-electron chi connectivity index (χ3n) is 4.95. The zero-order valence-corrected chi connectivity index (χ0v) is 18.4. The minimum atomic E-state index is 0. The predicted octanol–water partition coefficient (Wildman–Crippen LogP) is 0.372. The van der Waals surface area contributed by atoms with Gasteiger partial charge in [-0.05, 0) is 13.5 Å². The van der Waals surface area contributed by atoms with Crippen molar-refractivity contribution in [2.75, 3.05) is 78.5 Å². The fourth-order valence-electron chi connectivity index (χ4n) is 3.29. The number of rotatable bonds is 5. The number of aliphatic imine (C=N–C) groups is 1. The van der Waals surface area contributed by atoms with Crippen molar-refractivity contribution in [3.63, 3.8) is 0 Å². The number of guanidine groups is 1. The molecule has 0 aliphatic carbocycles. The molecule has 25 heavy (non-hydrogen) atoms. The molecule has 0 radical (unpaired) electrons. The second-order valence-electron chi connectivity index (χ2n) is 6.50. The fraction of sp³-hybridized carbons (Fsp3) is 0.882. The Balaban J connectivity index is 0.00000312. The number of carbonyl (C=O) groups is 1. The van der Waals surface area contributed by atoms with E-state index < -0.39 is 0 Å². The molecule has 146 valence electrons. The topological polar surface area (TPSA) is 54.4 Å². The number of hydrogen-bond donors (Lipinski definition) is 1. The number of piperazine rings is 2. The highest BCUT2D eigenvalue weighted by Gasteiger charge is 2.21. The molecule has 0 unspecified atom stereocenters. The molecule has 0 aromatic carbocycles. The number of nitrogens with zero attached hydrogens (tertiary/aromatic N) is 5. The van der Waals surface area contributed by atoms with Gasteiger partial charge in [0.1, 0.15) is 0 Å². The first-order valence-corrected chi connectivity index (χ1v) is 9.37. The fourth-order valence-corrected chi connectivity index (χ4v) is 3.29. The number of nitrogens with one attached hydrogen (secondary N) is 1. The van der Waals surface area contributed by atoms with Crippen LogP contribution in [0.4, 0.5) is 0 Å². The van der Waals surface area contributed by atoms with Gasteiger partial charge in [0, 0.05) is 72.4 Å². The van der Waals surface area contributed by atoms with Crippen LogP contribution >= 0.6 is 24.0 Å². The predicted molar refractivity (Wildman–Crippen MR) is 114 cm³/mol. The largest absolute Gasteiger partial charge is 0.357 e. The molecular formula is C17H35IN6O. The number of carbonyl (C=O) groups excluding carboxylic acids is 1. The molecule has 0 aromatic heterocycles. The van der Waals surface area contributed by atoms with Gasteiger partial charge in [0.05, 0.1) is 6.54 Å². The standard InChI is InChI=1S/C17H34N6O.HI/c1-4-18-17(23-14-12-22(13-15-23)16(3)24)19-6-7-21-10-8-20(5-2)9-11-21;/h4-15H2,1-3H3,(H,18,19);1H. The van der Waals surface area contributed by atoms with E-state index in [0.717, 1.165) is 71.4 Å². The van der Waals surface area contributed by atoms with Crippen molar-refractivity contribution in [1.29, 1.82) is 0 Å². The maximum atomic E-state index is 11.4. The summed E-state index contributed by atoms with van der Waals surface area (Å²) in [7, 11) is 0. The molecular weight excluding hydrogens is 431 g/mol. The summed E-state index contributed by atoms with van der Waals surface area (Å²) in [6.45, 7) is 17.8. The Morgan fingerprint density at radius 2 is 1.48 bits per heavy atom. The quantitative estimate of drug-likeness (QED) is 0.361. The highest BCUT2D eigenvalue weighted by atomic mass is 127. The Morgan fingerprint density at radius 3 is 2.00 bits per heavy atom. The van der Waals surface area contributed by atoms with Gasteiger partial charge in [-0.1, -0.05) is 6.92 Å². The molecule has 0 spiro atoms. The summed E-state index contributed by atoms with van der Waals surface area (Å²) in [6, 6.07) is 0. The first-order valence-electron chi connectivity index (χ1n) is 9.37. The van der Waals surface area contributed by atoms with Gasteiger partial charge in [0.2, 0.25) is 5.91 Å². The third kappa shape index (κ3) is 7.26. The van der Waals surface area contributed by atoms with E-state index in [1.54, 1.807) is 6.92 Å². The number of amides is 1. The summed E-state index contributed by atoms with van der Waals surface area (Å²) >= 11 is 0. The molecule has 1 N–H and O–H groups in total. The minimum Gasteiger partial charge on any atom is -0.357 e. The first kappa shape index (κ1) is 22.4. The average molecular weight is 466 g/mol. The Morgan fingerprint density at radius 1 is 0.920 bits per heavy atom. The average Bonchev–Trinajstić information content (AvgIpc) is 2.61. The van der Waals surface area contributed by atoms with E-state index in [2.05, 4.69) is 33.9 Å². The van der Waals surface area contributed by atoms with Crippen molar-refractivity contribution in [3.8, 4) is 0 Å². The van der Waals surface area contributed by atoms with Crippen LogP contribution in [0.25, 0.3) is 0 Å².